The summed E-state index contributed by atoms with van der Waals surface area (Å²) in [5.74, 6) is -0.784. The Labute approximate surface area is 170 Å². The number of carbonyl (C=O) groups is 3. The molecular formula is C18H19N3O7S. The summed E-state index contributed by atoms with van der Waals surface area (Å²) in [6.07, 6.45) is 2.53. The molecule has 2 rings (SSSR count). The van der Waals surface area contributed by atoms with E-state index in [0.29, 0.717) is 23.7 Å². The van der Waals surface area contributed by atoms with E-state index in [9.17, 15) is 14.4 Å². The Kier molecular flexibility index (Phi) is 8.22. The standard InChI is InChI=1S/C18H19N3O7S/c1-4-27-13-7-11(5-6-12(13)28-10-16(23)26-3)9-19-21-18-20-17(24)14(29-18)8-15(22)25-2/h5-9H,4,10H2,1-3H3,(H,20,21,24)/b14-8+,19-9?. The summed E-state index contributed by atoms with van der Waals surface area (Å²) in [4.78, 5) is 34.4. The average molecular weight is 421 g/mol. The first-order valence-corrected chi connectivity index (χ1v) is 9.14. The molecule has 0 spiro atoms. The van der Waals surface area contributed by atoms with Crippen molar-refractivity contribution in [3.05, 3.63) is 34.7 Å². The van der Waals surface area contributed by atoms with E-state index in [-0.39, 0.29) is 16.7 Å². The van der Waals surface area contributed by atoms with Crippen molar-refractivity contribution in [1.82, 2.24) is 5.32 Å². The number of nitrogens with zero attached hydrogens (tertiary/aromatic N) is 2. The predicted octanol–water partition coefficient (Wildman–Crippen LogP) is 1.25. The number of hydrogen-bond donors (Lipinski definition) is 1. The minimum atomic E-state index is -0.634. The fraction of sp³-hybridized carbons (Fsp3) is 0.278. The van der Waals surface area contributed by atoms with Crippen LogP contribution >= 0.6 is 11.8 Å². The molecule has 1 aromatic carbocycles. The van der Waals surface area contributed by atoms with Crippen LogP contribution in [0.2, 0.25) is 0 Å². The van der Waals surface area contributed by atoms with Gasteiger partial charge < -0.3 is 18.9 Å². The highest BCUT2D eigenvalue weighted by Gasteiger charge is 2.25. The second-order valence-electron chi connectivity index (χ2n) is 5.24. The fourth-order valence-corrected chi connectivity index (χ4v) is 2.72. The number of rotatable bonds is 8. The summed E-state index contributed by atoms with van der Waals surface area (Å²) in [5, 5.41) is 10.6. The van der Waals surface area contributed by atoms with Crippen molar-refractivity contribution in [2.45, 2.75) is 6.92 Å². The third-order valence-electron chi connectivity index (χ3n) is 3.30. The van der Waals surface area contributed by atoms with E-state index in [1.807, 2.05) is 6.92 Å². The molecule has 10 nitrogen and oxygen atoms in total. The summed E-state index contributed by atoms with van der Waals surface area (Å²) in [6, 6.07) is 5.00. The zero-order valence-corrected chi connectivity index (χ0v) is 16.8. The lowest BCUT2D eigenvalue weighted by atomic mass is 10.2. The molecule has 1 saturated heterocycles. The molecule has 0 atom stereocenters. The Morgan fingerprint density at radius 2 is 1.97 bits per heavy atom. The van der Waals surface area contributed by atoms with Gasteiger partial charge in [0, 0.05) is 6.08 Å². The highest BCUT2D eigenvalue weighted by atomic mass is 32.2. The van der Waals surface area contributed by atoms with Crippen molar-refractivity contribution in [2.24, 2.45) is 10.2 Å². The van der Waals surface area contributed by atoms with E-state index < -0.39 is 17.8 Å². The molecule has 1 aliphatic rings. The third kappa shape index (κ3) is 6.64. The van der Waals surface area contributed by atoms with Gasteiger partial charge in [-0.15, -0.1) is 5.10 Å². The van der Waals surface area contributed by atoms with Crippen molar-refractivity contribution in [3.8, 4) is 11.5 Å². The predicted molar refractivity (Wildman–Crippen MR) is 106 cm³/mol. The molecule has 1 aliphatic heterocycles. The van der Waals surface area contributed by atoms with Gasteiger partial charge in [-0.3, -0.25) is 10.1 Å². The van der Waals surface area contributed by atoms with Gasteiger partial charge in [-0.2, -0.15) is 5.10 Å². The van der Waals surface area contributed by atoms with Crippen LogP contribution in [0.3, 0.4) is 0 Å². The van der Waals surface area contributed by atoms with Gasteiger partial charge in [-0.1, -0.05) is 0 Å². The van der Waals surface area contributed by atoms with Crippen LogP contribution in [0, 0.1) is 0 Å². The molecule has 29 heavy (non-hydrogen) atoms. The summed E-state index contributed by atoms with van der Waals surface area (Å²) in [6.45, 7) is 1.97. The largest absolute Gasteiger partial charge is 0.490 e. The van der Waals surface area contributed by atoms with Gasteiger partial charge >= 0.3 is 11.9 Å². The van der Waals surface area contributed by atoms with Crippen LogP contribution < -0.4 is 14.8 Å². The second-order valence-corrected chi connectivity index (χ2v) is 6.27. The zero-order chi connectivity index (χ0) is 21.2. The topological polar surface area (TPSA) is 125 Å². The maximum atomic E-state index is 11.8. The Morgan fingerprint density at radius 3 is 2.66 bits per heavy atom. The van der Waals surface area contributed by atoms with E-state index in [0.717, 1.165) is 17.8 Å². The van der Waals surface area contributed by atoms with E-state index in [1.165, 1.54) is 20.4 Å². The van der Waals surface area contributed by atoms with Gasteiger partial charge in [0.25, 0.3) is 5.91 Å². The lowest BCUT2D eigenvalue weighted by Crippen LogP contribution is -2.19. The molecule has 0 aliphatic carbocycles. The lowest BCUT2D eigenvalue weighted by molar-refractivity contribution is -0.143. The van der Waals surface area contributed by atoms with Crippen LogP contribution in [-0.4, -0.2) is 56.7 Å². The lowest BCUT2D eigenvalue weighted by Gasteiger charge is -2.11. The monoisotopic (exact) mass is 421 g/mol. The Hall–Kier alpha value is -3.34. The second kappa shape index (κ2) is 10.9. The first-order chi connectivity index (χ1) is 14.0. The Bertz CT molecular complexity index is 880. The molecule has 1 heterocycles. The van der Waals surface area contributed by atoms with E-state index in [4.69, 9.17) is 9.47 Å². The SMILES string of the molecule is CCOc1cc(C=N/N=C2/NC(=O)/C(=C\C(=O)OC)S2)ccc1OCC(=O)OC. The van der Waals surface area contributed by atoms with E-state index in [1.54, 1.807) is 18.2 Å². The summed E-state index contributed by atoms with van der Waals surface area (Å²) in [5.41, 5.74) is 0.655. The molecule has 0 radical (unpaired) electrons. The molecule has 154 valence electrons. The van der Waals surface area contributed by atoms with Crippen LogP contribution in [-0.2, 0) is 23.9 Å². The van der Waals surface area contributed by atoms with Crippen LogP contribution in [0.4, 0.5) is 0 Å². The van der Waals surface area contributed by atoms with Crippen molar-refractivity contribution in [2.75, 3.05) is 27.4 Å². The first kappa shape index (κ1) is 22.0. The summed E-state index contributed by atoms with van der Waals surface area (Å²) < 4.78 is 19.9. The average Bonchev–Trinajstić information content (AvgIpc) is 3.06. The summed E-state index contributed by atoms with van der Waals surface area (Å²) in [7, 11) is 2.49. The quantitative estimate of drug-likeness (QED) is 0.288. The van der Waals surface area contributed by atoms with Gasteiger partial charge in [0.2, 0.25) is 0 Å². The van der Waals surface area contributed by atoms with Crippen LogP contribution in [0.5, 0.6) is 11.5 Å². The van der Waals surface area contributed by atoms with Gasteiger partial charge in [-0.05, 0) is 42.4 Å². The minimum absolute atomic E-state index is 0.163. The summed E-state index contributed by atoms with van der Waals surface area (Å²) >= 11 is 0.970. The molecule has 0 saturated carbocycles. The molecule has 0 aromatic heterocycles. The van der Waals surface area contributed by atoms with Crippen molar-refractivity contribution < 1.29 is 33.3 Å². The van der Waals surface area contributed by atoms with E-state index >= 15 is 0 Å². The third-order valence-corrected chi connectivity index (χ3v) is 4.20. The maximum Gasteiger partial charge on any atom is 0.343 e. The number of hydrogen-bond acceptors (Lipinski definition) is 10. The number of amidine groups is 1. The maximum absolute atomic E-state index is 11.8. The first-order valence-electron chi connectivity index (χ1n) is 8.33. The number of ether oxygens (including phenoxy) is 4. The molecule has 1 aromatic rings. The smallest absolute Gasteiger partial charge is 0.343 e. The Balaban J connectivity index is 2.08. The molecular weight excluding hydrogens is 402 g/mol. The Morgan fingerprint density at radius 1 is 1.17 bits per heavy atom. The number of esters is 2. The van der Waals surface area contributed by atoms with Gasteiger partial charge in [0.05, 0.1) is 31.9 Å². The number of methoxy groups -OCH3 is 2. The van der Waals surface area contributed by atoms with Crippen LogP contribution in [0.15, 0.2) is 39.4 Å². The molecule has 1 N–H and O–H groups in total. The van der Waals surface area contributed by atoms with Crippen LogP contribution in [0.1, 0.15) is 12.5 Å². The van der Waals surface area contributed by atoms with Crippen molar-refractivity contribution in [1.29, 1.82) is 0 Å². The molecule has 0 bridgehead atoms. The van der Waals surface area contributed by atoms with Crippen LogP contribution in [0.25, 0.3) is 0 Å². The molecule has 0 unspecified atom stereocenters. The number of thioether (sulfide) groups is 1. The van der Waals surface area contributed by atoms with Gasteiger partial charge in [-0.25, -0.2) is 9.59 Å². The molecule has 1 amide bonds. The highest BCUT2D eigenvalue weighted by Crippen LogP contribution is 2.28. The number of amides is 1. The number of benzene rings is 1. The normalized spacial score (nSPS) is 16.2. The number of carbonyl (C=O) groups excluding carboxylic acids is 3. The highest BCUT2D eigenvalue weighted by molar-refractivity contribution is 8.18. The number of nitrogens with one attached hydrogen (secondary N) is 1. The van der Waals surface area contributed by atoms with Crippen molar-refractivity contribution in [3.63, 3.8) is 0 Å². The molecule has 11 heteroatoms. The van der Waals surface area contributed by atoms with Gasteiger partial charge in [0.15, 0.2) is 23.3 Å². The zero-order valence-electron chi connectivity index (χ0n) is 16.0. The van der Waals surface area contributed by atoms with Gasteiger partial charge in [0.1, 0.15) is 0 Å². The fourth-order valence-electron chi connectivity index (χ4n) is 1.98. The van der Waals surface area contributed by atoms with E-state index in [2.05, 4.69) is 25.0 Å². The van der Waals surface area contributed by atoms with Crippen molar-refractivity contribution >= 4 is 41.0 Å². The molecule has 1 fully saturated rings. The minimum Gasteiger partial charge on any atom is -0.490 e.